The predicted octanol–water partition coefficient (Wildman–Crippen LogP) is 0.496. The molecule has 0 radical (unpaired) electrons. The number of rotatable bonds is 5. The molecule has 6 nitrogen and oxygen atoms in total. The van der Waals surface area contributed by atoms with Crippen LogP contribution in [-0.2, 0) is 14.8 Å². The maximum atomic E-state index is 12.3. The summed E-state index contributed by atoms with van der Waals surface area (Å²) in [6.07, 6.45) is 0. The monoisotopic (exact) mass is 311 g/mol. The lowest BCUT2D eigenvalue weighted by molar-refractivity contribution is -0.118. The Morgan fingerprint density at radius 3 is 2.52 bits per heavy atom. The molecule has 1 saturated heterocycles. The van der Waals surface area contributed by atoms with Gasteiger partial charge in [-0.15, -0.1) is 0 Å². The molecular weight excluding hydrogens is 290 g/mol. The summed E-state index contributed by atoms with van der Waals surface area (Å²) in [6.45, 7) is 3.89. The number of para-hydroxylation sites is 1. The van der Waals surface area contributed by atoms with Crippen LogP contribution in [-0.4, -0.2) is 50.6 Å². The van der Waals surface area contributed by atoms with E-state index >= 15 is 0 Å². The molecule has 1 aromatic rings. The van der Waals surface area contributed by atoms with E-state index in [-0.39, 0.29) is 11.7 Å². The third kappa shape index (κ3) is 4.52. The highest BCUT2D eigenvalue weighted by Gasteiger charge is 2.28. The van der Waals surface area contributed by atoms with Crippen LogP contribution in [0.1, 0.15) is 6.92 Å². The molecule has 1 aliphatic heterocycles. The van der Waals surface area contributed by atoms with Crippen molar-refractivity contribution >= 4 is 21.6 Å². The second kappa shape index (κ2) is 7.02. The van der Waals surface area contributed by atoms with Crippen LogP contribution in [0.15, 0.2) is 30.3 Å². The Balaban J connectivity index is 1.93. The van der Waals surface area contributed by atoms with Crippen molar-refractivity contribution in [2.75, 3.05) is 37.2 Å². The molecule has 0 spiro atoms. The summed E-state index contributed by atoms with van der Waals surface area (Å²) in [4.78, 5) is 12.1. The third-order valence-corrected chi connectivity index (χ3v) is 5.49. The number of amides is 1. The van der Waals surface area contributed by atoms with Gasteiger partial charge in [-0.2, -0.15) is 4.31 Å². The first kappa shape index (κ1) is 15.9. The van der Waals surface area contributed by atoms with Gasteiger partial charge in [0.2, 0.25) is 15.9 Å². The van der Waals surface area contributed by atoms with Gasteiger partial charge in [-0.25, -0.2) is 8.42 Å². The van der Waals surface area contributed by atoms with Gasteiger partial charge in [-0.3, -0.25) is 4.79 Å². The van der Waals surface area contributed by atoms with Crippen molar-refractivity contribution in [3.05, 3.63) is 30.3 Å². The number of nitrogens with zero attached hydrogens (tertiary/aromatic N) is 1. The minimum Gasteiger partial charge on any atom is -0.326 e. The maximum absolute atomic E-state index is 12.3. The van der Waals surface area contributed by atoms with E-state index in [4.69, 9.17) is 0 Å². The fraction of sp³-hybridized carbons (Fsp3) is 0.500. The van der Waals surface area contributed by atoms with Crippen molar-refractivity contribution in [3.8, 4) is 0 Å². The zero-order chi connectivity index (χ0) is 15.3. The molecule has 1 aliphatic rings. The highest BCUT2D eigenvalue weighted by molar-refractivity contribution is 7.89. The summed E-state index contributed by atoms with van der Waals surface area (Å²) >= 11 is 0. The molecule has 2 N–H and O–H groups in total. The highest BCUT2D eigenvalue weighted by Crippen LogP contribution is 2.12. The lowest BCUT2D eigenvalue weighted by Crippen LogP contribution is -2.48. The van der Waals surface area contributed by atoms with Crippen molar-refractivity contribution in [2.24, 2.45) is 5.92 Å². The van der Waals surface area contributed by atoms with E-state index in [1.165, 1.54) is 4.31 Å². The Morgan fingerprint density at radius 1 is 1.29 bits per heavy atom. The summed E-state index contributed by atoms with van der Waals surface area (Å²) in [5, 5.41) is 5.84. The van der Waals surface area contributed by atoms with Crippen LogP contribution in [0.5, 0.6) is 0 Å². The quantitative estimate of drug-likeness (QED) is 0.830. The standard InChI is InChI=1S/C14H21N3O3S/c1-12(14(18)16-13-5-3-2-4-6-13)11-21(19,20)17-9-7-15-8-10-17/h2-6,12,15H,7-11H2,1H3,(H,16,18). The Labute approximate surface area is 125 Å². The Morgan fingerprint density at radius 2 is 1.90 bits per heavy atom. The molecule has 116 valence electrons. The van der Waals surface area contributed by atoms with Crippen LogP contribution >= 0.6 is 0 Å². The number of carbonyl (C=O) groups is 1. The number of nitrogens with one attached hydrogen (secondary N) is 2. The number of hydrogen-bond donors (Lipinski definition) is 2. The molecule has 0 bridgehead atoms. The van der Waals surface area contributed by atoms with E-state index in [1.54, 1.807) is 19.1 Å². The third-order valence-electron chi connectivity index (χ3n) is 3.42. The maximum Gasteiger partial charge on any atom is 0.228 e. The van der Waals surface area contributed by atoms with Crippen molar-refractivity contribution in [1.82, 2.24) is 9.62 Å². The number of piperazine rings is 1. The van der Waals surface area contributed by atoms with E-state index in [9.17, 15) is 13.2 Å². The van der Waals surface area contributed by atoms with Crippen molar-refractivity contribution in [3.63, 3.8) is 0 Å². The normalized spacial score (nSPS) is 18.1. The minimum atomic E-state index is -3.39. The van der Waals surface area contributed by atoms with Crippen molar-refractivity contribution in [2.45, 2.75) is 6.92 Å². The van der Waals surface area contributed by atoms with E-state index in [1.807, 2.05) is 18.2 Å². The number of benzene rings is 1. The van der Waals surface area contributed by atoms with Gasteiger partial charge in [-0.05, 0) is 12.1 Å². The summed E-state index contributed by atoms with van der Waals surface area (Å²) in [6, 6.07) is 9.04. The SMILES string of the molecule is CC(CS(=O)(=O)N1CCNCC1)C(=O)Nc1ccccc1. The van der Waals surface area contributed by atoms with Crippen molar-refractivity contribution < 1.29 is 13.2 Å². The smallest absolute Gasteiger partial charge is 0.228 e. The molecule has 1 unspecified atom stereocenters. The molecule has 1 fully saturated rings. The predicted molar refractivity (Wildman–Crippen MR) is 82.5 cm³/mol. The van der Waals surface area contributed by atoms with Crippen LogP contribution in [0, 0.1) is 5.92 Å². The van der Waals surface area contributed by atoms with Crippen LogP contribution in [0.4, 0.5) is 5.69 Å². The lowest BCUT2D eigenvalue weighted by atomic mass is 10.2. The highest BCUT2D eigenvalue weighted by atomic mass is 32.2. The Hall–Kier alpha value is -1.44. The van der Waals surface area contributed by atoms with E-state index in [0.717, 1.165) is 0 Å². The number of hydrogen-bond acceptors (Lipinski definition) is 4. The van der Waals surface area contributed by atoms with Crippen LogP contribution < -0.4 is 10.6 Å². The molecule has 7 heteroatoms. The van der Waals surface area contributed by atoms with E-state index in [2.05, 4.69) is 10.6 Å². The summed E-state index contributed by atoms with van der Waals surface area (Å²) < 4.78 is 26.0. The second-order valence-electron chi connectivity index (χ2n) is 5.18. The topological polar surface area (TPSA) is 78.5 Å². The van der Waals surface area contributed by atoms with E-state index < -0.39 is 15.9 Å². The zero-order valence-corrected chi connectivity index (χ0v) is 12.9. The van der Waals surface area contributed by atoms with Gasteiger partial charge >= 0.3 is 0 Å². The fourth-order valence-electron chi connectivity index (χ4n) is 2.21. The van der Waals surface area contributed by atoms with Crippen molar-refractivity contribution in [1.29, 1.82) is 0 Å². The molecule has 1 aromatic carbocycles. The first-order valence-corrected chi connectivity index (χ1v) is 8.64. The lowest BCUT2D eigenvalue weighted by Gasteiger charge is -2.27. The van der Waals surface area contributed by atoms with Gasteiger partial charge in [0.05, 0.1) is 11.7 Å². The summed E-state index contributed by atoms with van der Waals surface area (Å²) in [5.41, 5.74) is 0.675. The Bertz CT molecular complexity index is 568. The van der Waals surface area contributed by atoms with Gasteiger partial charge in [0.1, 0.15) is 0 Å². The molecule has 0 saturated carbocycles. The van der Waals surface area contributed by atoms with Gasteiger partial charge in [-0.1, -0.05) is 25.1 Å². The van der Waals surface area contributed by atoms with Gasteiger partial charge in [0, 0.05) is 31.9 Å². The molecule has 21 heavy (non-hydrogen) atoms. The number of carbonyl (C=O) groups excluding carboxylic acids is 1. The minimum absolute atomic E-state index is 0.161. The first-order valence-electron chi connectivity index (χ1n) is 7.03. The fourth-order valence-corrected chi connectivity index (χ4v) is 3.94. The second-order valence-corrected chi connectivity index (χ2v) is 7.20. The average molecular weight is 311 g/mol. The largest absolute Gasteiger partial charge is 0.326 e. The van der Waals surface area contributed by atoms with Crippen LogP contribution in [0.25, 0.3) is 0 Å². The molecule has 1 atom stereocenters. The van der Waals surface area contributed by atoms with Crippen LogP contribution in [0.3, 0.4) is 0 Å². The molecule has 0 aromatic heterocycles. The molecule has 2 rings (SSSR count). The summed E-state index contributed by atoms with van der Waals surface area (Å²) in [7, 11) is -3.39. The Kier molecular flexibility index (Phi) is 5.33. The molecule has 1 amide bonds. The zero-order valence-electron chi connectivity index (χ0n) is 12.1. The first-order chi connectivity index (χ1) is 9.99. The molecule has 1 heterocycles. The molecular formula is C14H21N3O3S. The van der Waals surface area contributed by atoms with Gasteiger partial charge < -0.3 is 10.6 Å². The summed E-state index contributed by atoms with van der Waals surface area (Å²) in [5.74, 6) is -1.03. The van der Waals surface area contributed by atoms with E-state index in [0.29, 0.717) is 31.9 Å². The molecule has 0 aliphatic carbocycles. The van der Waals surface area contributed by atoms with Gasteiger partial charge in [0.25, 0.3) is 0 Å². The average Bonchev–Trinajstić information content (AvgIpc) is 2.48. The van der Waals surface area contributed by atoms with Gasteiger partial charge in [0.15, 0.2) is 0 Å². The van der Waals surface area contributed by atoms with Crippen LogP contribution in [0.2, 0.25) is 0 Å². The number of sulfonamides is 1. The number of anilines is 1.